The van der Waals surface area contributed by atoms with Gasteiger partial charge in [0, 0.05) is 17.7 Å². The van der Waals surface area contributed by atoms with Crippen LogP contribution < -0.4 is 5.32 Å². The van der Waals surface area contributed by atoms with Gasteiger partial charge in [-0.05, 0) is 5.56 Å². The lowest BCUT2D eigenvalue weighted by molar-refractivity contribution is -0.121. The summed E-state index contributed by atoms with van der Waals surface area (Å²) >= 11 is 4.31. The third-order valence-corrected chi connectivity index (χ3v) is 2.08. The molecule has 0 saturated carbocycles. The van der Waals surface area contributed by atoms with E-state index in [1.165, 1.54) is 0 Å². The SMILES string of the molecule is CC(C)(S)CC(=O)NCc1ccccc1. The second kappa shape index (κ2) is 5.21. The predicted octanol–water partition coefficient (Wildman–Crippen LogP) is 2.40. The molecule has 0 unspecified atom stereocenters. The van der Waals surface area contributed by atoms with Crippen LogP contribution in [0.3, 0.4) is 0 Å². The number of benzene rings is 1. The average molecular weight is 223 g/mol. The highest BCUT2D eigenvalue weighted by molar-refractivity contribution is 7.81. The lowest BCUT2D eigenvalue weighted by atomic mass is 10.1. The van der Waals surface area contributed by atoms with Crippen LogP contribution in [0.5, 0.6) is 0 Å². The monoisotopic (exact) mass is 223 g/mol. The van der Waals surface area contributed by atoms with Gasteiger partial charge in [-0.15, -0.1) is 0 Å². The lowest BCUT2D eigenvalue weighted by Crippen LogP contribution is -2.28. The summed E-state index contributed by atoms with van der Waals surface area (Å²) in [6.45, 7) is 4.44. The summed E-state index contributed by atoms with van der Waals surface area (Å²) < 4.78 is -0.249. The van der Waals surface area contributed by atoms with E-state index in [1.54, 1.807) is 0 Å². The van der Waals surface area contributed by atoms with E-state index in [1.807, 2.05) is 44.2 Å². The number of nitrogens with one attached hydrogen (secondary N) is 1. The maximum atomic E-state index is 11.5. The molecule has 1 N–H and O–H groups in total. The molecule has 1 aromatic carbocycles. The number of hydrogen-bond donors (Lipinski definition) is 2. The fourth-order valence-corrected chi connectivity index (χ4v) is 1.40. The first kappa shape index (κ1) is 12.1. The second-order valence-electron chi connectivity index (χ2n) is 4.25. The Kier molecular flexibility index (Phi) is 4.21. The van der Waals surface area contributed by atoms with Gasteiger partial charge in [0.15, 0.2) is 0 Å². The molecule has 0 bridgehead atoms. The van der Waals surface area contributed by atoms with E-state index in [-0.39, 0.29) is 10.7 Å². The van der Waals surface area contributed by atoms with Crippen molar-refractivity contribution in [3.05, 3.63) is 35.9 Å². The van der Waals surface area contributed by atoms with E-state index in [0.717, 1.165) is 5.56 Å². The minimum absolute atomic E-state index is 0.0406. The van der Waals surface area contributed by atoms with Crippen LogP contribution in [0.1, 0.15) is 25.8 Å². The Labute approximate surface area is 96.5 Å². The summed E-state index contributed by atoms with van der Waals surface area (Å²) in [4.78, 5) is 11.5. The molecule has 0 aliphatic carbocycles. The van der Waals surface area contributed by atoms with Gasteiger partial charge in [0.1, 0.15) is 0 Å². The van der Waals surface area contributed by atoms with Crippen LogP contribution in [0.15, 0.2) is 30.3 Å². The van der Waals surface area contributed by atoms with Gasteiger partial charge in [-0.2, -0.15) is 12.6 Å². The Morgan fingerprint density at radius 1 is 1.33 bits per heavy atom. The number of amides is 1. The molecule has 0 aliphatic rings. The van der Waals surface area contributed by atoms with Crippen molar-refractivity contribution >= 4 is 18.5 Å². The highest BCUT2D eigenvalue weighted by Gasteiger charge is 2.16. The second-order valence-corrected chi connectivity index (χ2v) is 5.46. The molecule has 0 fully saturated rings. The molecule has 0 saturated heterocycles. The molecule has 0 radical (unpaired) electrons. The molecule has 2 nitrogen and oxygen atoms in total. The van der Waals surface area contributed by atoms with Crippen LogP contribution in [-0.2, 0) is 11.3 Å². The van der Waals surface area contributed by atoms with Gasteiger partial charge >= 0.3 is 0 Å². The molecule has 0 spiro atoms. The van der Waals surface area contributed by atoms with Crippen LogP contribution in [0, 0.1) is 0 Å². The standard InChI is InChI=1S/C12H17NOS/c1-12(2,15)8-11(14)13-9-10-6-4-3-5-7-10/h3-7,15H,8-9H2,1-2H3,(H,13,14). The van der Waals surface area contributed by atoms with Crippen LogP contribution >= 0.6 is 12.6 Å². The Balaban J connectivity index is 2.35. The van der Waals surface area contributed by atoms with Gasteiger partial charge in [-0.1, -0.05) is 44.2 Å². The van der Waals surface area contributed by atoms with Crippen molar-refractivity contribution in [3.8, 4) is 0 Å². The number of hydrogen-bond acceptors (Lipinski definition) is 2. The van der Waals surface area contributed by atoms with E-state index in [0.29, 0.717) is 13.0 Å². The number of carbonyl (C=O) groups is 1. The van der Waals surface area contributed by atoms with E-state index in [9.17, 15) is 4.79 Å². The van der Waals surface area contributed by atoms with Crippen molar-refractivity contribution in [1.29, 1.82) is 0 Å². The van der Waals surface area contributed by atoms with Crippen LogP contribution in [0.4, 0.5) is 0 Å². The van der Waals surface area contributed by atoms with Crippen molar-refractivity contribution in [2.24, 2.45) is 0 Å². The van der Waals surface area contributed by atoms with Crippen molar-refractivity contribution in [2.45, 2.75) is 31.6 Å². The molecule has 0 aliphatic heterocycles. The van der Waals surface area contributed by atoms with Gasteiger partial charge in [0.05, 0.1) is 0 Å². The maximum absolute atomic E-state index is 11.5. The number of carbonyl (C=O) groups excluding carboxylic acids is 1. The first-order valence-corrected chi connectivity index (χ1v) is 5.45. The first-order valence-electron chi connectivity index (χ1n) is 5.00. The zero-order valence-electron chi connectivity index (χ0n) is 9.16. The zero-order chi connectivity index (χ0) is 11.3. The largest absolute Gasteiger partial charge is 0.352 e. The van der Waals surface area contributed by atoms with E-state index in [2.05, 4.69) is 17.9 Å². The van der Waals surface area contributed by atoms with Crippen molar-refractivity contribution < 1.29 is 4.79 Å². The van der Waals surface area contributed by atoms with Gasteiger partial charge < -0.3 is 5.32 Å². The van der Waals surface area contributed by atoms with Gasteiger partial charge in [-0.25, -0.2) is 0 Å². The maximum Gasteiger partial charge on any atom is 0.221 e. The van der Waals surface area contributed by atoms with Crippen molar-refractivity contribution in [1.82, 2.24) is 5.32 Å². The minimum Gasteiger partial charge on any atom is -0.352 e. The molecule has 1 aromatic rings. The Morgan fingerprint density at radius 2 is 1.93 bits per heavy atom. The third kappa shape index (κ3) is 5.47. The summed E-state index contributed by atoms with van der Waals surface area (Å²) in [6.07, 6.45) is 0.433. The van der Waals surface area contributed by atoms with Crippen molar-refractivity contribution in [2.75, 3.05) is 0 Å². The molecular weight excluding hydrogens is 206 g/mol. The topological polar surface area (TPSA) is 29.1 Å². The summed E-state index contributed by atoms with van der Waals surface area (Å²) in [5.74, 6) is 0.0406. The highest BCUT2D eigenvalue weighted by Crippen LogP contribution is 2.16. The molecule has 3 heteroatoms. The highest BCUT2D eigenvalue weighted by atomic mass is 32.1. The smallest absolute Gasteiger partial charge is 0.221 e. The van der Waals surface area contributed by atoms with E-state index >= 15 is 0 Å². The molecule has 1 amide bonds. The molecule has 0 aromatic heterocycles. The first-order chi connectivity index (χ1) is 6.97. The summed E-state index contributed by atoms with van der Waals surface area (Å²) in [5, 5.41) is 2.87. The fraction of sp³-hybridized carbons (Fsp3) is 0.417. The van der Waals surface area contributed by atoms with Gasteiger partial charge in [0.25, 0.3) is 0 Å². The molecule has 0 atom stereocenters. The number of thiol groups is 1. The zero-order valence-corrected chi connectivity index (χ0v) is 10.1. The minimum atomic E-state index is -0.249. The normalized spacial score (nSPS) is 11.1. The molecule has 82 valence electrons. The Hall–Kier alpha value is -0.960. The molecule has 1 rings (SSSR count). The predicted molar refractivity (Wildman–Crippen MR) is 66.0 cm³/mol. The average Bonchev–Trinajstić information content (AvgIpc) is 2.14. The Morgan fingerprint density at radius 3 is 2.47 bits per heavy atom. The van der Waals surface area contributed by atoms with Gasteiger partial charge in [0.2, 0.25) is 5.91 Å². The summed E-state index contributed by atoms with van der Waals surface area (Å²) in [6, 6.07) is 9.87. The quantitative estimate of drug-likeness (QED) is 0.754. The lowest BCUT2D eigenvalue weighted by Gasteiger charge is -2.16. The van der Waals surface area contributed by atoms with Crippen molar-refractivity contribution in [3.63, 3.8) is 0 Å². The third-order valence-electron chi connectivity index (χ3n) is 1.93. The van der Waals surface area contributed by atoms with E-state index in [4.69, 9.17) is 0 Å². The molecule has 15 heavy (non-hydrogen) atoms. The van der Waals surface area contributed by atoms with Gasteiger partial charge in [-0.3, -0.25) is 4.79 Å². The van der Waals surface area contributed by atoms with Crippen LogP contribution in [0.2, 0.25) is 0 Å². The van der Waals surface area contributed by atoms with E-state index < -0.39 is 0 Å². The number of rotatable bonds is 4. The van der Waals surface area contributed by atoms with Crippen LogP contribution in [0.25, 0.3) is 0 Å². The van der Waals surface area contributed by atoms with Crippen LogP contribution in [-0.4, -0.2) is 10.7 Å². The summed E-state index contributed by atoms with van der Waals surface area (Å²) in [7, 11) is 0. The summed E-state index contributed by atoms with van der Waals surface area (Å²) in [5.41, 5.74) is 1.11. The molecular formula is C12H17NOS. The fourth-order valence-electron chi connectivity index (χ4n) is 1.25. The Bertz CT molecular complexity index is 316. The molecule has 0 heterocycles.